The van der Waals surface area contributed by atoms with E-state index in [-0.39, 0.29) is 36.1 Å². The van der Waals surface area contributed by atoms with Crippen LogP contribution >= 0.6 is 0 Å². The molecule has 0 aliphatic rings. The summed E-state index contributed by atoms with van der Waals surface area (Å²) < 4.78 is 15.9. The van der Waals surface area contributed by atoms with Crippen LogP contribution in [-0.2, 0) is 11.3 Å². The lowest BCUT2D eigenvalue weighted by Crippen LogP contribution is -2.28. The fourth-order valence-corrected chi connectivity index (χ4v) is 2.60. The second kappa shape index (κ2) is 10.6. The van der Waals surface area contributed by atoms with Crippen LogP contribution in [0.15, 0.2) is 36.4 Å². The Kier molecular flexibility index (Phi) is 7.98. The predicted molar refractivity (Wildman–Crippen MR) is 108 cm³/mol. The Morgan fingerprint density at radius 1 is 1.00 bits per heavy atom. The van der Waals surface area contributed by atoms with E-state index in [0.717, 1.165) is 6.07 Å². The van der Waals surface area contributed by atoms with Crippen LogP contribution in [0.2, 0.25) is 0 Å². The number of nitrogens with zero attached hydrogens (tertiary/aromatic N) is 1. The molecule has 2 aromatic carbocycles. The maximum atomic E-state index is 12.5. The predicted octanol–water partition coefficient (Wildman–Crippen LogP) is 2.06. The fourth-order valence-electron chi connectivity index (χ4n) is 2.60. The van der Waals surface area contributed by atoms with E-state index in [9.17, 15) is 19.7 Å². The van der Waals surface area contributed by atoms with E-state index in [1.54, 1.807) is 18.2 Å². The maximum Gasteiger partial charge on any atom is 0.270 e. The molecule has 0 unspecified atom stereocenters. The van der Waals surface area contributed by atoms with E-state index in [2.05, 4.69) is 10.6 Å². The molecule has 10 nitrogen and oxygen atoms in total. The van der Waals surface area contributed by atoms with E-state index >= 15 is 0 Å². The molecular weight excluding hydrogens is 394 g/mol. The van der Waals surface area contributed by atoms with Gasteiger partial charge in [0.2, 0.25) is 0 Å². The van der Waals surface area contributed by atoms with Crippen LogP contribution in [-0.4, -0.2) is 44.1 Å². The molecule has 10 heteroatoms. The van der Waals surface area contributed by atoms with Gasteiger partial charge < -0.3 is 24.8 Å². The van der Waals surface area contributed by atoms with Gasteiger partial charge in [0.15, 0.2) is 18.1 Å². The summed E-state index contributed by atoms with van der Waals surface area (Å²) in [7, 11) is 2.84. The van der Waals surface area contributed by atoms with Crippen molar-refractivity contribution in [3.63, 3.8) is 0 Å². The number of hydrogen-bond donors (Lipinski definition) is 2. The largest absolute Gasteiger partial charge is 0.496 e. The molecule has 0 aromatic heterocycles. The zero-order valence-corrected chi connectivity index (χ0v) is 16.9. The highest BCUT2D eigenvalue weighted by molar-refractivity contribution is 5.97. The van der Waals surface area contributed by atoms with Gasteiger partial charge in [0, 0.05) is 25.2 Å². The second-order valence-electron chi connectivity index (χ2n) is 6.05. The first kappa shape index (κ1) is 22.5. The third-order valence-corrected chi connectivity index (χ3v) is 4.05. The Labute approximate surface area is 173 Å². The number of ether oxygens (including phenoxy) is 3. The zero-order valence-electron chi connectivity index (χ0n) is 16.9. The number of non-ortho nitro benzene ring substituents is 1. The number of rotatable bonds is 10. The molecule has 0 aliphatic carbocycles. The first-order valence-corrected chi connectivity index (χ1v) is 9.06. The molecule has 0 radical (unpaired) electrons. The van der Waals surface area contributed by atoms with Crippen molar-refractivity contribution in [3.8, 4) is 17.2 Å². The number of hydrogen-bond acceptors (Lipinski definition) is 7. The summed E-state index contributed by atoms with van der Waals surface area (Å²) in [6, 6.07) is 8.80. The molecule has 0 atom stereocenters. The fraction of sp³-hybridized carbons (Fsp3) is 0.300. The van der Waals surface area contributed by atoms with E-state index < -0.39 is 10.8 Å². The van der Waals surface area contributed by atoms with E-state index in [1.807, 2.05) is 6.92 Å². The number of carbonyl (C=O) groups excluding carboxylic acids is 2. The normalized spacial score (nSPS) is 10.1. The molecule has 2 amide bonds. The molecule has 30 heavy (non-hydrogen) atoms. The summed E-state index contributed by atoms with van der Waals surface area (Å²) in [5.74, 6) is 0.246. The Balaban J connectivity index is 2.08. The Morgan fingerprint density at radius 3 is 2.33 bits per heavy atom. The molecule has 0 saturated carbocycles. The summed E-state index contributed by atoms with van der Waals surface area (Å²) in [6.07, 6.45) is 0. The first-order valence-electron chi connectivity index (χ1n) is 9.06. The van der Waals surface area contributed by atoms with Crippen LogP contribution in [0.25, 0.3) is 0 Å². The third-order valence-electron chi connectivity index (χ3n) is 4.05. The SMILES string of the molecule is CCNC(=O)COc1ccc(CNC(=O)c2cc([N+](=O)[O-])ccc2OC)cc1OC. The molecule has 160 valence electrons. The van der Waals surface area contributed by atoms with E-state index in [0.29, 0.717) is 23.6 Å². The quantitative estimate of drug-likeness (QED) is 0.447. The highest BCUT2D eigenvalue weighted by Gasteiger charge is 2.17. The number of nitrogens with one attached hydrogen (secondary N) is 2. The number of amides is 2. The van der Waals surface area contributed by atoms with E-state index in [4.69, 9.17) is 14.2 Å². The lowest BCUT2D eigenvalue weighted by atomic mass is 10.1. The minimum atomic E-state index is -0.583. The summed E-state index contributed by atoms with van der Waals surface area (Å²) >= 11 is 0. The molecule has 0 heterocycles. The first-order chi connectivity index (χ1) is 14.4. The van der Waals surface area contributed by atoms with Crippen molar-refractivity contribution in [1.29, 1.82) is 0 Å². The number of benzene rings is 2. The Hall–Kier alpha value is -3.82. The lowest BCUT2D eigenvalue weighted by Gasteiger charge is -2.13. The smallest absolute Gasteiger partial charge is 0.270 e. The van der Waals surface area contributed by atoms with Crippen molar-refractivity contribution in [3.05, 3.63) is 57.6 Å². The molecule has 0 saturated heterocycles. The molecule has 0 aliphatic heterocycles. The maximum absolute atomic E-state index is 12.5. The van der Waals surface area contributed by atoms with Gasteiger partial charge in [0.25, 0.3) is 17.5 Å². The van der Waals surface area contributed by atoms with Gasteiger partial charge in [-0.3, -0.25) is 19.7 Å². The van der Waals surface area contributed by atoms with Crippen molar-refractivity contribution >= 4 is 17.5 Å². The monoisotopic (exact) mass is 417 g/mol. The van der Waals surface area contributed by atoms with Crippen LogP contribution in [0, 0.1) is 10.1 Å². The van der Waals surface area contributed by atoms with E-state index in [1.165, 1.54) is 26.4 Å². The number of likely N-dealkylation sites (N-methyl/N-ethyl adjacent to an activating group) is 1. The van der Waals surface area contributed by atoms with Gasteiger partial charge in [-0.25, -0.2) is 0 Å². The van der Waals surface area contributed by atoms with Crippen LogP contribution < -0.4 is 24.8 Å². The minimum absolute atomic E-state index is 0.0561. The van der Waals surface area contributed by atoms with Gasteiger partial charge in [0.05, 0.1) is 24.7 Å². The van der Waals surface area contributed by atoms with Crippen molar-refractivity contribution in [2.75, 3.05) is 27.4 Å². The summed E-state index contributed by atoms with van der Waals surface area (Å²) in [6.45, 7) is 2.31. The van der Waals surface area contributed by atoms with Gasteiger partial charge in [-0.1, -0.05) is 6.07 Å². The van der Waals surface area contributed by atoms with Gasteiger partial charge in [-0.05, 0) is 30.7 Å². The van der Waals surface area contributed by atoms with Crippen LogP contribution in [0.5, 0.6) is 17.2 Å². The van der Waals surface area contributed by atoms with Crippen LogP contribution in [0.1, 0.15) is 22.8 Å². The van der Waals surface area contributed by atoms with Gasteiger partial charge in [-0.15, -0.1) is 0 Å². The minimum Gasteiger partial charge on any atom is -0.496 e. The number of nitro benzene ring substituents is 1. The molecule has 0 fully saturated rings. The Bertz CT molecular complexity index is 931. The molecule has 2 aromatic rings. The summed E-state index contributed by atoms with van der Waals surface area (Å²) in [5, 5.41) is 16.3. The standard InChI is InChI=1S/C20H23N3O7/c1-4-21-19(24)12-30-17-7-5-13(9-18(17)29-3)11-22-20(25)15-10-14(23(26)27)6-8-16(15)28-2/h5-10H,4,11-12H2,1-3H3,(H,21,24)(H,22,25). The van der Waals surface area contributed by atoms with Gasteiger partial charge in [0.1, 0.15) is 5.75 Å². The summed E-state index contributed by atoms with van der Waals surface area (Å²) in [5.41, 5.74) is 0.548. The Morgan fingerprint density at radius 2 is 1.70 bits per heavy atom. The summed E-state index contributed by atoms with van der Waals surface area (Å²) in [4.78, 5) is 34.4. The van der Waals surface area contributed by atoms with Crippen LogP contribution in [0.4, 0.5) is 5.69 Å². The van der Waals surface area contributed by atoms with Gasteiger partial charge in [-0.2, -0.15) is 0 Å². The average molecular weight is 417 g/mol. The molecular formula is C20H23N3O7. The number of carbonyl (C=O) groups is 2. The van der Waals surface area contributed by atoms with Gasteiger partial charge >= 0.3 is 0 Å². The highest BCUT2D eigenvalue weighted by Crippen LogP contribution is 2.28. The molecule has 0 bridgehead atoms. The highest BCUT2D eigenvalue weighted by atomic mass is 16.6. The zero-order chi connectivity index (χ0) is 22.1. The molecule has 2 N–H and O–H groups in total. The second-order valence-corrected chi connectivity index (χ2v) is 6.05. The molecule has 0 spiro atoms. The topological polar surface area (TPSA) is 129 Å². The average Bonchev–Trinajstić information content (AvgIpc) is 2.75. The number of methoxy groups -OCH3 is 2. The third kappa shape index (κ3) is 5.84. The number of nitro groups is 1. The van der Waals surface area contributed by atoms with Crippen molar-refractivity contribution < 1.29 is 28.7 Å². The lowest BCUT2D eigenvalue weighted by molar-refractivity contribution is -0.384. The van der Waals surface area contributed by atoms with Crippen LogP contribution in [0.3, 0.4) is 0 Å². The van der Waals surface area contributed by atoms with Crippen molar-refractivity contribution in [2.45, 2.75) is 13.5 Å². The van der Waals surface area contributed by atoms with Crippen molar-refractivity contribution in [2.24, 2.45) is 0 Å². The van der Waals surface area contributed by atoms with Crippen molar-refractivity contribution in [1.82, 2.24) is 10.6 Å². The molecule has 2 rings (SSSR count).